The molecule has 0 spiro atoms. The topological polar surface area (TPSA) is 25.0 Å². The van der Waals surface area contributed by atoms with Crippen LogP contribution in [-0.4, -0.2) is 11.6 Å². The van der Waals surface area contributed by atoms with E-state index in [0.717, 1.165) is 55.5 Å². The Bertz CT molecular complexity index is 1090. The lowest BCUT2D eigenvalue weighted by atomic mass is 9.90. The Morgan fingerprint density at radius 2 is 1.78 bits per heavy atom. The van der Waals surface area contributed by atoms with Crippen LogP contribution in [0.1, 0.15) is 57.2 Å². The first-order valence-corrected chi connectivity index (χ1v) is 11.7. The number of aryl methyl sites for hydroxylation is 1. The lowest BCUT2D eigenvalue weighted by Gasteiger charge is -2.18. The van der Waals surface area contributed by atoms with Crippen LogP contribution in [0, 0.1) is 5.82 Å². The molecule has 0 amide bonds. The molecule has 1 heterocycles. The van der Waals surface area contributed by atoms with Gasteiger partial charge in [0.2, 0.25) is 0 Å². The molecule has 0 saturated carbocycles. The van der Waals surface area contributed by atoms with Gasteiger partial charge >= 0.3 is 0 Å². The Balaban J connectivity index is 1.87. The number of ether oxygens (including phenoxy) is 1. The lowest BCUT2D eigenvalue weighted by Crippen LogP contribution is -2.02. The summed E-state index contributed by atoms with van der Waals surface area (Å²) in [6.07, 6.45) is 19.2. The van der Waals surface area contributed by atoms with E-state index in [-0.39, 0.29) is 5.82 Å². The summed E-state index contributed by atoms with van der Waals surface area (Å²) in [6, 6.07) is 8.95. The highest BCUT2D eigenvalue weighted by atomic mass is 19.1. The van der Waals surface area contributed by atoms with Crippen molar-refractivity contribution >= 4 is 5.57 Å². The molecule has 0 saturated heterocycles. The molecule has 1 N–H and O–H groups in total. The number of allylic oxidation sites excluding steroid dienone is 10. The average molecular weight is 430 g/mol. The summed E-state index contributed by atoms with van der Waals surface area (Å²) in [5, 5.41) is 0. The van der Waals surface area contributed by atoms with Gasteiger partial charge in [0.05, 0.1) is 6.61 Å². The molecule has 4 rings (SSSR count). The lowest BCUT2D eigenvalue weighted by molar-refractivity contribution is 0.217. The number of aromatic nitrogens is 1. The number of nitrogens with one attached hydrogen (secondary N) is 1. The number of hydrogen-bond acceptors (Lipinski definition) is 1. The molecule has 1 aromatic heterocycles. The Morgan fingerprint density at radius 1 is 0.969 bits per heavy atom. The summed E-state index contributed by atoms with van der Waals surface area (Å²) in [5.41, 5.74) is 8.29. The Labute approximate surface area is 190 Å². The largest absolute Gasteiger partial charge is 0.498 e. The van der Waals surface area contributed by atoms with Crippen LogP contribution in [0.15, 0.2) is 83.7 Å². The molecule has 166 valence electrons. The minimum Gasteiger partial charge on any atom is -0.498 e. The number of halogens is 1. The number of H-pyrrole nitrogens is 1. The standard InChI is InChI=1S/C29H32FNO/c1-3-32-29-13-7-5-4-6-12-25(29)24-11-9-8-10-21(2)14-19-27-26(24)20-28(31-27)22-15-17-23(30)18-16-22/h4-6,10-12,15-18,20,31H,3,7-9,13-14,19H2,1-2H3. The van der Waals surface area contributed by atoms with Crippen molar-refractivity contribution in [2.75, 3.05) is 6.61 Å². The fourth-order valence-corrected chi connectivity index (χ4v) is 4.40. The Morgan fingerprint density at radius 3 is 2.59 bits per heavy atom. The summed E-state index contributed by atoms with van der Waals surface area (Å²) in [4.78, 5) is 3.66. The zero-order valence-corrected chi connectivity index (χ0v) is 19.1. The molecular weight excluding hydrogens is 397 g/mol. The van der Waals surface area contributed by atoms with Gasteiger partial charge in [-0.2, -0.15) is 0 Å². The molecular formula is C29H32FNO. The monoisotopic (exact) mass is 429 g/mol. The maximum absolute atomic E-state index is 13.5. The van der Waals surface area contributed by atoms with Crippen molar-refractivity contribution in [3.8, 4) is 11.3 Å². The van der Waals surface area contributed by atoms with Crippen molar-refractivity contribution in [2.24, 2.45) is 0 Å². The number of aromatic amines is 1. The summed E-state index contributed by atoms with van der Waals surface area (Å²) in [7, 11) is 0. The van der Waals surface area contributed by atoms with Crippen molar-refractivity contribution in [2.45, 2.75) is 52.4 Å². The SMILES string of the molecule is CCOC1=C(C2=CCCC=C(C)CCc3[nH]c(-c4ccc(F)cc4)cc32)C=CC=CCC1. The van der Waals surface area contributed by atoms with E-state index in [2.05, 4.69) is 54.4 Å². The van der Waals surface area contributed by atoms with Crippen LogP contribution in [0.4, 0.5) is 4.39 Å². The van der Waals surface area contributed by atoms with E-state index in [4.69, 9.17) is 4.74 Å². The molecule has 1 aromatic carbocycles. The highest BCUT2D eigenvalue weighted by molar-refractivity contribution is 5.86. The molecule has 2 aliphatic carbocycles. The van der Waals surface area contributed by atoms with Crippen molar-refractivity contribution in [1.29, 1.82) is 0 Å². The van der Waals surface area contributed by atoms with Gasteiger partial charge in [-0.15, -0.1) is 0 Å². The molecule has 3 heteroatoms. The molecule has 32 heavy (non-hydrogen) atoms. The average Bonchev–Trinajstić information content (AvgIpc) is 3.20. The van der Waals surface area contributed by atoms with Crippen LogP contribution in [-0.2, 0) is 11.2 Å². The highest BCUT2D eigenvalue weighted by Gasteiger charge is 2.20. The van der Waals surface area contributed by atoms with E-state index in [1.807, 2.05) is 19.1 Å². The van der Waals surface area contributed by atoms with E-state index in [1.54, 1.807) is 0 Å². The first kappa shape index (κ1) is 22.1. The molecule has 0 radical (unpaired) electrons. The first-order chi connectivity index (χ1) is 15.7. The molecule has 0 unspecified atom stereocenters. The second-order valence-electron chi connectivity index (χ2n) is 8.42. The van der Waals surface area contributed by atoms with Crippen molar-refractivity contribution in [1.82, 2.24) is 4.98 Å². The van der Waals surface area contributed by atoms with E-state index in [1.165, 1.54) is 40.1 Å². The molecule has 0 bridgehead atoms. The van der Waals surface area contributed by atoms with Gasteiger partial charge in [0.15, 0.2) is 0 Å². The summed E-state index contributed by atoms with van der Waals surface area (Å²) in [6.45, 7) is 4.92. The first-order valence-electron chi connectivity index (χ1n) is 11.7. The minimum atomic E-state index is -0.216. The molecule has 0 fully saturated rings. The van der Waals surface area contributed by atoms with Crippen molar-refractivity contribution in [3.05, 3.63) is 101 Å². The van der Waals surface area contributed by atoms with Crippen LogP contribution in [0.2, 0.25) is 0 Å². The third-order valence-corrected chi connectivity index (χ3v) is 6.08. The predicted octanol–water partition coefficient (Wildman–Crippen LogP) is 8.07. The van der Waals surface area contributed by atoms with Gasteiger partial charge in [0.1, 0.15) is 11.6 Å². The number of hydrogen-bond donors (Lipinski definition) is 1. The zero-order valence-electron chi connectivity index (χ0n) is 19.1. The predicted molar refractivity (Wildman–Crippen MR) is 132 cm³/mol. The maximum atomic E-state index is 13.5. The van der Waals surface area contributed by atoms with Gasteiger partial charge in [0.25, 0.3) is 0 Å². The molecule has 2 nitrogen and oxygen atoms in total. The fourth-order valence-electron chi connectivity index (χ4n) is 4.40. The third kappa shape index (κ3) is 5.21. The fraction of sp³-hybridized carbons (Fsp3) is 0.310. The minimum absolute atomic E-state index is 0.216. The maximum Gasteiger partial charge on any atom is 0.123 e. The van der Waals surface area contributed by atoms with E-state index in [0.29, 0.717) is 6.61 Å². The summed E-state index contributed by atoms with van der Waals surface area (Å²) in [5.74, 6) is 0.839. The van der Waals surface area contributed by atoms with Gasteiger partial charge in [-0.1, -0.05) is 42.0 Å². The van der Waals surface area contributed by atoms with E-state index in [9.17, 15) is 4.39 Å². The van der Waals surface area contributed by atoms with Gasteiger partial charge in [0, 0.05) is 28.9 Å². The number of fused-ring (bicyclic) bond motifs is 1. The van der Waals surface area contributed by atoms with Crippen LogP contribution in [0.3, 0.4) is 0 Å². The van der Waals surface area contributed by atoms with Crippen molar-refractivity contribution in [3.63, 3.8) is 0 Å². The van der Waals surface area contributed by atoms with E-state index < -0.39 is 0 Å². The highest BCUT2D eigenvalue weighted by Crippen LogP contribution is 2.36. The summed E-state index contributed by atoms with van der Waals surface area (Å²) >= 11 is 0. The van der Waals surface area contributed by atoms with Crippen LogP contribution >= 0.6 is 0 Å². The van der Waals surface area contributed by atoms with Gasteiger partial charge < -0.3 is 9.72 Å². The van der Waals surface area contributed by atoms with Crippen molar-refractivity contribution < 1.29 is 9.13 Å². The smallest absolute Gasteiger partial charge is 0.123 e. The van der Waals surface area contributed by atoms with Gasteiger partial charge in [-0.05, 0) is 87.4 Å². The van der Waals surface area contributed by atoms with Crippen LogP contribution in [0.25, 0.3) is 16.8 Å². The zero-order chi connectivity index (χ0) is 22.3. The van der Waals surface area contributed by atoms with Crippen LogP contribution in [0.5, 0.6) is 0 Å². The summed E-state index contributed by atoms with van der Waals surface area (Å²) < 4.78 is 19.6. The Kier molecular flexibility index (Phi) is 7.26. The second-order valence-corrected chi connectivity index (χ2v) is 8.42. The van der Waals surface area contributed by atoms with Gasteiger partial charge in [-0.3, -0.25) is 0 Å². The third-order valence-electron chi connectivity index (χ3n) is 6.08. The molecule has 0 aliphatic heterocycles. The molecule has 2 aliphatic rings. The second kappa shape index (κ2) is 10.5. The number of benzene rings is 1. The molecule has 2 aromatic rings. The number of rotatable bonds is 4. The molecule has 0 atom stereocenters. The normalized spacial score (nSPS) is 17.2. The van der Waals surface area contributed by atoms with Gasteiger partial charge in [-0.25, -0.2) is 4.39 Å². The Hall–Kier alpha value is -3.07. The quantitative estimate of drug-likeness (QED) is 0.488. The van der Waals surface area contributed by atoms with Crippen LogP contribution < -0.4 is 0 Å². The van der Waals surface area contributed by atoms with E-state index >= 15 is 0 Å².